The second-order valence-corrected chi connectivity index (χ2v) is 6.05. The van der Waals surface area contributed by atoms with Crippen LogP contribution in [-0.4, -0.2) is 18.5 Å². The quantitative estimate of drug-likeness (QED) is 0.790. The predicted octanol–water partition coefficient (Wildman–Crippen LogP) is 2.06. The first-order valence-electron chi connectivity index (χ1n) is 7.20. The highest BCUT2D eigenvalue weighted by atomic mass is 16.1. The number of rotatable bonds is 3. The molecule has 0 heterocycles. The lowest BCUT2D eigenvalue weighted by molar-refractivity contribution is -0.127. The fourth-order valence-corrected chi connectivity index (χ4v) is 3.42. The van der Waals surface area contributed by atoms with Crippen molar-refractivity contribution in [2.45, 2.75) is 57.9 Å². The predicted molar refractivity (Wildman–Crippen MR) is 69.4 cm³/mol. The lowest BCUT2D eigenvalue weighted by Crippen LogP contribution is -2.41. The number of amides is 1. The van der Waals surface area contributed by atoms with Gasteiger partial charge >= 0.3 is 0 Å². The highest BCUT2D eigenvalue weighted by molar-refractivity contribution is 5.79. The van der Waals surface area contributed by atoms with Gasteiger partial charge in [-0.3, -0.25) is 4.79 Å². The zero-order valence-corrected chi connectivity index (χ0v) is 11.0. The van der Waals surface area contributed by atoms with Crippen LogP contribution in [0.2, 0.25) is 0 Å². The van der Waals surface area contributed by atoms with E-state index in [2.05, 4.69) is 12.2 Å². The number of hydrogen-bond acceptors (Lipinski definition) is 2. The topological polar surface area (TPSA) is 55.1 Å². The Kier molecular flexibility index (Phi) is 4.43. The van der Waals surface area contributed by atoms with Gasteiger partial charge in [-0.2, -0.15) is 0 Å². The smallest absolute Gasteiger partial charge is 0.223 e. The Bertz CT molecular complexity index is 261. The van der Waals surface area contributed by atoms with Crippen LogP contribution >= 0.6 is 0 Å². The molecule has 98 valence electrons. The van der Waals surface area contributed by atoms with Crippen LogP contribution in [0.1, 0.15) is 51.9 Å². The first-order chi connectivity index (χ1) is 8.16. The van der Waals surface area contributed by atoms with Gasteiger partial charge in [-0.1, -0.05) is 19.8 Å². The fraction of sp³-hybridized carbons (Fsp3) is 0.929. The van der Waals surface area contributed by atoms with Crippen LogP contribution < -0.4 is 11.1 Å². The molecule has 0 aromatic carbocycles. The van der Waals surface area contributed by atoms with Gasteiger partial charge in [0.05, 0.1) is 0 Å². The number of nitrogens with two attached hydrogens (primary N) is 1. The minimum atomic E-state index is 0.205. The van der Waals surface area contributed by atoms with E-state index in [4.69, 9.17) is 5.73 Å². The maximum Gasteiger partial charge on any atom is 0.223 e. The Labute approximate surface area is 105 Å². The summed E-state index contributed by atoms with van der Waals surface area (Å²) in [5, 5.41) is 3.16. The van der Waals surface area contributed by atoms with Gasteiger partial charge in [0.2, 0.25) is 5.91 Å². The van der Waals surface area contributed by atoms with E-state index >= 15 is 0 Å². The molecule has 3 heteroatoms. The summed E-state index contributed by atoms with van der Waals surface area (Å²) in [6.07, 6.45) is 8.26. The molecular formula is C14H26N2O. The standard InChI is InChI=1S/C14H26N2O/c1-10-8-12(15)6-7-13(10)14(17)16-9-11-4-2-3-5-11/h10-13H,2-9,15H2,1H3,(H,16,17). The Morgan fingerprint density at radius 2 is 1.94 bits per heavy atom. The van der Waals surface area contributed by atoms with Gasteiger partial charge in [0.1, 0.15) is 0 Å². The van der Waals surface area contributed by atoms with E-state index in [-0.39, 0.29) is 11.8 Å². The Morgan fingerprint density at radius 3 is 2.59 bits per heavy atom. The Balaban J connectivity index is 1.74. The number of nitrogens with one attached hydrogen (secondary N) is 1. The number of carbonyl (C=O) groups is 1. The normalized spacial score (nSPS) is 34.8. The molecule has 0 aliphatic heterocycles. The highest BCUT2D eigenvalue weighted by Gasteiger charge is 2.31. The van der Waals surface area contributed by atoms with E-state index in [1.165, 1.54) is 25.7 Å². The second kappa shape index (κ2) is 5.85. The summed E-state index contributed by atoms with van der Waals surface area (Å²) < 4.78 is 0. The number of hydrogen-bond donors (Lipinski definition) is 2. The van der Waals surface area contributed by atoms with Gasteiger partial charge < -0.3 is 11.1 Å². The molecular weight excluding hydrogens is 212 g/mol. The summed E-state index contributed by atoms with van der Waals surface area (Å²) in [6.45, 7) is 3.06. The summed E-state index contributed by atoms with van der Waals surface area (Å²) in [7, 11) is 0. The van der Waals surface area contributed by atoms with E-state index < -0.39 is 0 Å². The van der Waals surface area contributed by atoms with Crippen LogP contribution in [0.15, 0.2) is 0 Å². The summed E-state index contributed by atoms with van der Waals surface area (Å²) >= 11 is 0. The molecule has 3 atom stereocenters. The van der Waals surface area contributed by atoms with E-state index in [0.717, 1.165) is 31.7 Å². The molecule has 2 rings (SSSR count). The molecule has 0 bridgehead atoms. The number of carbonyl (C=O) groups excluding carboxylic acids is 1. The molecule has 2 fully saturated rings. The highest BCUT2D eigenvalue weighted by Crippen LogP contribution is 2.29. The first kappa shape index (κ1) is 12.9. The molecule has 3 nitrogen and oxygen atoms in total. The second-order valence-electron chi connectivity index (χ2n) is 6.05. The molecule has 0 aromatic heterocycles. The lowest BCUT2D eigenvalue weighted by Gasteiger charge is -2.31. The molecule has 3 N–H and O–H groups in total. The van der Waals surface area contributed by atoms with Crippen molar-refractivity contribution in [1.82, 2.24) is 5.32 Å². The molecule has 2 saturated carbocycles. The van der Waals surface area contributed by atoms with Gasteiger partial charge in [0.15, 0.2) is 0 Å². The fourth-order valence-electron chi connectivity index (χ4n) is 3.42. The van der Waals surface area contributed by atoms with Crippen molar-refractivity contribution in [2.24, 2.45) is 23.5 Å². The van der Waals surface area contributed by atoms with Crippen molar-refractivity contribution in [3.63, 3.8) is 0 Å². The van der Waals surface area contributed by atoms with Gasteiger partial charge in [-0.05, 0) is 43.9 Å². The summed E-state index contributed by atoms with van der Waals surface area (Å²) in [6, 6.07) is 0.309. The van der Waals surface area contributed by atoms with Gasteiger partial charge in [0, 0.05) is 18.5 Å². The summed E-state index contributed by atoms with van der Waals surface area (Å²) in [4.78, 5) is 12.1. The summed E-state index contributed by atoms with van der Waals surface area (Å²) in [5.74, 6) is 1.66. The van der Waals surface area contributed by atoms with Crippen molar-refractivity contribution >= 4 is 5.91 Å². The zero-order chi connectivity index (χ0) is 12.3. The Morgan fingerprint density at radius 1 is 1.24 bits per heavy atom. The van der Waals surface area contributed by atoms with E-state index in [1.807, 2.05) is 0 Å². The molecule has 3 unspecified atom stereocenters. The molecule has 1 amide bonds. The van der Waals surface area contributed by atoms with Crippen LogP contribution in [0.25, 0.3) is 0 Å². The largest absolute Gasteiger partial charge is 0.356 e. The van der Waals surface area contributed by atoms with E-state index in [9.17, 15) is 4.79 Å². The monoisotopic (exact) mass is 238 g/mol. The molecule has 0 spiro atoms. The van der Waals surface area contributed by atoms with E-state index in [0.29, 0.717) is 12.0 Å². The van der Waals surface area contributed by atoms with Crippen LogP contribution in [-0.2, 0) is 4.79 Å². The molecule has 0 radical (unpaired) electrons. The van der Waals surface area contributed by atoms with Crippen LogP contribution in [0, 0.1) is 17.8 Å². The third-order valence-electron chi connectivity index (χ3n) is 4.59. The maximum atomic E-state index is 12.1. The molecule has 2 aliphatic carbocycles. The third kappa shape index (κ3) is 3.44. The van der Waals surface area contributed by atoms with Gasteiger partial charge in [-0.15, -0.1) is 0 Å². The Hall–Kier alpha value is -0.570. The van der Waals surface area contributed by atoms with Crippen LogP contribution in [0.5, 0.6) is 0 Å². The van der Waals surface area contributed by atoms with Crippen LogP contribution in [0.4, 0.5) is 0 Å². The van der Waals surface area contributed by atoms with Crippen molar-refractivity contribution < 1.29 is 4.79 Å². The van der Waals surface area contributed by atoms with Crippen molar-refractivity contribution in [3.8, 4) is 0 Å². The minimum absolute atomic E-state index is 0.205. The minimum Gasteiger partial charge on any atom is -0.356 e. The van der Waals surface area contributed by atoms with Crippen molar-refractivity contribution in [2.75, 3.05) is 6.54 Å². The average Bonchev–Trinajstić information content (AvgIpc) is 2.78. The molecule has 0 aromatic rings. The average molecular weight is 238 g/mol. The van der Waals surface area contributed by atoms with Crippen molar-refractivity contribution in [1.29, 1.82) is 0 Å². The molecule has 2 aliphatic rings. The SMILES string of the molecule is CC1CC(N)CCC1C(=O)NCC1CCCC1. The van der Waals surface area contributed by atoms with Crippen LogP contribution in [0.3, 0.4) is 0 Å². The lowest BCUT2D eigenvalue weighted by atomic mass is 9.77. The van der Waals surface area contributed by atoms with Gasteiger partial charge in [0.25, 0.3) is 0 Å². The third-order valence-corrected chi connectivity index (χ3v) is 4.59. The summed E-state index contributed by atoms with van der Waals surface area (Å²) in [5.41, 5.74) is 5.93. The van der Waals surface area contributed by atoms with Crippen molar-refractivity contribution in [3.05, 3.63) is 0 Å². The maximum absolute atomic E-state index is 12.1. The molecule has 0 saturated heterocycles. The van der Waals surface area contributed by atoms with Gasteiger partial charge in [-0.25, -0.2) is 0 Å². The zero-order valence-electron chi connectivity index (χ0n) is 11.0. The first-order valence-corrected chi connectivity index (χ1v) is 7.20. The van der Waals surface area contributed by atoms with E-state index in [1.54, 1.807) is 0 Å². The molecule has 17 heavy (non-hydrogen) atoms.